The summed E-state index contributed by atoms with van der Waals surface area (Å²) in [5.41, 5.74) is 3.02. The number of hydrogen-bond donors (Lipinski definition) is 0. The Morgan fingerprint density at radius 2 is 1.65 bits per heavy atom. The Labute approximate surface area is 185 Å². The molecule has 5 rings (SSSR count). The summed E-state index contributed by atoms with van der Waals surface area (Å²) in [5, 5.41) is 1.93. The highest BCUT2D eigenvalue weighted by Gasteiger charge is 2.35. The Balaban J connectivity index is 1.34. The number of carbonyl (C=O) groups excluding carboxylic acids is 2. The van der Waals surface area contributed by atoms with E-state index in [-0.39, 0.29) is 17.7 Å². The first kappa shape index (κ1) is 19.8. The van der Waals surface area contributed by atoms with Crippen molar-refractivity contribution in [1.82, 2.24) is 4.90 Å². The van der Waals surface area contributed by atoms with Crippen molar-refractivity contribution in [2.75, 3.05) is 31.2 Å². The fraction of sp³-hybridized carbons (Fsp3) is 0.200. The molecular formula is C25H22N2O3S. The minimum atomic E-state index is -0.236. The summed E-state index contributed by atoms with van der Waals surface area (Å²) >= 11 is 1.01. The van der Waals surface area contributed by atoms with Gasteiger partial charge in [-0.1, -0.05) is 54.6 Å². The summed E-state index contributed by atoms with van der Waals surface area (Å²) in [6, 6.07) is 22.1. The van der Waals surface area contributed by atoms with E-state index in [9.17, 15) is 9.59 Å². The van der Waals surface area contributed by atoms with Gasteiger partial charge < -0.3 is 9.64 Å². The number of thioether (sulfide) groups is 1. The number of imide groups is 1. The van der Waals surface area contributed by atoms with E-state index in [0.29, 0.717) is 4.91 Å². The van der Waals surface area contributed by atoms with Crippen LogP contribution in [0, 0.1) is 0 Å². The Morgan fingerprint density at radius 3 is 2.45 bits per heavy atom. The molecule has 0 spiro atoms. The summed E-state index contributed by atoms with van der Waals surface area (Å²) in [4.78, 5) is 29.6. The summed E-state index contributed by atoms with van der Waals surface area (Å²) in [6.07, 6.45) is 1.80. The van der Waals surface area contributed by atoms with Crippen LogP contribution in [0.4, 0.5) is 10.5 Å². The molecule has 0 unspecified atom stereocenters. The van der Waals surface area contributed by atoms with Crippen LogP contribution in [-0.4, -0.2) is 42.3 Å². The molecule has 0 N–H and O–H groups in total. The lowest BCUT2D eigenvalue weighted by Crippen LogP contribution is -2.36. The average Bonchev–Trinajstić information content (AvgIpc) is 3.08. The van der Waals surface area contributed by atoms with Crippen molar-refractivity contribution in [3.05, 3.63) is 82.8 Å². The quantitative estimate of drug-likeness (QED) is 0.551. The molecule has 0 radical (unpaired) electrons. The third-order valence-corrected chi connectivity index (χ3v) is 6.56. The first-order valence-corrected chi connectivity index (χ1v) is 11.2. The molecule has 2 amide bonds. The second-order valence-electron chi connectivity index (χ2n) is 7.60. The van der Waals surface area contributed by atoms with Gasteiger partial charge in [-0.05, 0) is 51.9 Å². The van der Waals surface area contributed by atoms with Crippen molar-refractivity contribution in [2.24, 2.45) is 0 Å². The SMILES string of the molecule is O=C1S/C(=C/c2ccc(N3CCOCC3)cc2)C(=O)N1Cc1cccc2ccccc12. The molecule has 2 heterocycles. The highest BCUT2D eigenvalue weighted by atomic mass is 32.2. The normalized spacial score (nSPS) is 18.4. The maximum atomic E-state index is 13.0. The van der Waals surface area contributed by atoms with Gasteiger partial charge >= 0.3 is 0 Å². The summed E-state index contributed by atoms with van der Waals surface area (Å²) in [6.45, 7) is 3.52. The number of fused-ring (bicyclic) bond motifs is 1. The van der Waals surface area contributed by atoms with Gasteiger partial charge in [0.1, 0.15) is 0 Å². The van der Waals surface area contributed by atoms with Gasteiger partial charge in [0.05, 0.1) is 24.7 Å². The zero-order valence-electron chi connectivity index (χ0n) is 17.0. The molecule has 2 saturated heterocycles. The van der Waals surface area contributed by atoms with Gasteiger partial charge in [-0.3, -0.25) is 14.5 Å². The number of rotatable bonds is 4. The predicted molar refractivity (Wildman–Crippen MR) is 125 cm³/mol. The average molecular weight is 431 g/mol. The van der Waals surface area contributed by atoms with E-state index in [4.69, 9.17) is 4.74 Å². The third-order valence-electron chi connectivity index (χ3n) is 5.65. The lowest BCUT2D eigenvalue weighted by Gasteiger charge is -2.28. The number of benzene rings is 3. The maximum Gasteiger partial charge on any atom is 0.293 e. The van der Waals surface area contributed by atoms with E-state index in [2.05, 4.69) is 17.0 Å². The van der Waals surface area contributed by atoms with Crippen molar-refractivity contribution in [2.45, 2.75) is 6.54 Å². The van der Waals surface area contributed by atoms with Crippen molar-refractivity contribution in [1.29, 1.82) is 0 Å². The van der Waals surface area contributed by atoms with Gasteiger partial charge in [-0.15, -0.1) is 0 Å². The van der Waals surface area contributed by atoms with Crippen LogP contribution in [0.2, 0.25) is 0 Å². The van der Waals surface area contributed by atoms with E-state index >= 15 is 0 Å². The molecule has 0 bridgehead atoms. The first-order chi connectivity index (χ1) is 15.2. The topological polar surface area (TPSA) is 49.9 Å². The fourth-order valence-corrected chi connectivity index (χ4v) is 4.83. The Bertz CT molecular complexity index is 1160. The smallest absolute Gasteiger partial charge is 0.293 e. The van der Waals surface area contributed by atoms with Crippen LogP contribution < -0.4 is 4.90 Å². The monoisotopic (exact) mass is 430 g/mol. The van der Waals surface area contributed by atoms with Crippen molar-refractivity contribution in [3.8, 4) is 0 Å². The van der Waals surface area contributed by atoms with Crippen molar-refractivity contribution in [3.63, 3.8) is 0 Å². The predicted octanol–water partition coefficient (Wildman–Crippen LogP) is 4.91. The molecule has 0 aromatic heterocycles. The lowest BCUT2D eigenvalue weighted by molar-refractivity contribution is -0.123. The van der Waals surface area contributed by atoms with Crippen LogP contribution in [-0.2, 0) is 16.1 Å². The van der Waals surface area contributed by atoms with Crippen LogP contribution in [0.25, 0.3) is 16.8 Å². The molecule has 156 valence electrons. The molecule has 0 atom stereocenters. The molecule has 2 aliphatic rings. The molecule has 2 aliphatic heterocycles. The van der Waals surface area contributed by atoms with Gasteiger partial charge in [-0.25, -0.2) is 0 Å². The van der Waals surface area contributed by atoms with Crippen LogP contribution in [0.5, 0.6) is 0 Å². The first-order valence-electron chi connectivity index (χ1n) is 10.3. The molecular weight excluding hydrogens is 408 g/mol. The van der Waals surface area contributed by atoms with Gasteiger partial charge in [0.15, 0.2) is 0 Å². The van der Waals surface area contributed by atoms with Gasteiger partial charge in [0, 0.05) is 18.8 Å². The van der Waals surface area contributed by atoms with E-state index in [1.807, 2.05) is 54.6 Å². The molecule has 0 aliphatic carbocycles. The minimum absolute atomic E-state index is 0.228. The Morgan fingerprint density at radius 1 is 0.903 bits per heavy atom. The second kappa shape index (κ2) is 8.57. The Hall–Kier alpha value is -3.09. The summed E-state index contributed by atoms with van der Waals surface area (Å²) in [7, 11) is 0. The Kier molecular flexibility index (Phi) is 5.49. The largest absolute Gasteiger partial charge is 0.378 e. The van der Waals surface area contributed by atoms with E-state index in [0.717, 1.165) is 65.7 Å². The number of ether oxygens (including phenoxy) is 1. The minimum Gasteiger partial charge on any atom is -0.378 e. The third kappa shape index (κ3) is 4.09. The van der Waals surface area contributed by atoms with E-state index in [1.165, 1.54) is 4.90 Å². The number of hydrogen-bond acceptors (Lipinski definition) is 5. The zero-order valence-corrected chi connectivity index (χ0v) is 17.8. The van der Waals surface area contributed by atoms with Gasteiger partial charge in [-0.2, -0.15) is 0 Å². The molecule has 6 heteroatoms. The number of nitrogens with zero attached hydrogens (tertiary/aromatic N) is 2. The zero-order chi connectivity index (χ0) is 21.2. The van der Waals surface area contributed by atoms with E-state index in [1.54, 1.807) is 6.08 Å². The van der Waals surface area contributed by atoms with Gasteiger partial charge in [0.25, 0.3) is 11.1 Å². The van der Waals surface area contributed by atoms with Crippen LogP contribution >= 0.6 is 11.8 Å². The molecule has 3 aromatic rings. The lowest BCUT2D eigenvalue weighted by atomic mass is 10.0. The summed E-state index contributed by atoms with van der Waals surface area (Å²) < 4.78 is 5.40. The van der Waals surface area contributed by atoms with Crippen molar-refractivity contribution >= 4 is 45.4 Å². The van der Waals surface area contributed by atoms with Gasteiger partial charge in [0.2, 0.25) is 0 Å². The highest BCUT2D eigenvalue weighted by molar-refractivity contribution is 8.18. The number of carbonyl (C=O) groups is 2. The second-order valence-corrected chi connectivity index (χ2v) is 8.59. The maximum absolute atomic E-state index is 13.0. The fourth-order valence-electron chi connectivity index (χ4n) is 3.99. The molecule has 0 saturated carbocycles. The number of amides is 2. The van der Waals surface area contributed by atoms with Crippen LogP contribution in [0.1, 0.15) is 11.1 Å². The molecule has 5 nitrogen and oxygen atoms in total. The molecule has 31 heavy (non-hydrogen) atoms. The number of morpholine rings is 1. The highest BCUT2D eigenvalue weighted by Crippen LogP contribution is 2.34. The van der Waals surface area contributed by atoms with Crippen molar-refractivity contribution < 1.29 is 14.3 Å². The number of anilines is 1. The summed E-state index contributed by atoms with van der Waals surface area (Å²) in [5.74, 6) is -0.236. The standard InChI is InChI=1S/C25H22N2O3S/c28-24-23(16-18-8-10-21(11-9-18)26-12-14-30-15-13-26)31-25(29)27(24)17-20-6-3-5-19-4-1-2-7-22(19)20/h1-11,16H,12-15,17H2/b23-16+. The molecule has 3 aromatic carbocycles. The van der Waals surface area contributed by atoms with Crippen LogP contribution in [0.15, 0.2) is 71.6 Å². The van der Waals surface area contributed by atoms with Crippen LogP contribution in [0.3, 0.4) is 0 Å². The van der Waals surface area contributed by atoms with E-state index < -0.39 is 0 Å². The molecule has 2 fully saturated rings.